The largest absolute Gasteiger partial charge is 0.462 e. The van der Waals surface area contributed by atoms with E-state index in [1.165, 1.54) is 12.1 Å². The molecule has 1 aromatic heterocycles. The van der Waals surface area contributed by atoms with Gasteiger partial charge in [0.1, 0.15) is 5.69 Å². The number of hydrogen-bond donors (Lipinski definition) is 1. The summed E-state index contributed by atoms with van der Waals surface area (Å²) < 4.78 is 4.96. The first-order valence-corrected chi connectivity index (χ1v) is 10.0. The van der Waals surface area contributed by atoms with Crippen LogP contribution in [0.3, 0.4) is 0 Å². The summed E-state index contributed by atoms with van der Waals surface area (Å²) in [5, 5.41) is 2.62. The van der Waals surface area contributed by atoms with Crippen LogP contribution < -0.4 is 10.2 Å². The van der Waals surface area contributed by atoms with Crippen molar-refractivity contribution in [2.24, 2.45) is 0 Å². The number of carbonyl (C=O) groups excluding carboxylic acids is 3. The number of aromatic nitrogens is 1. The molecule has 2 amide bonds. The van der Waals surface area contributed by atoms with Gasteiger partial charge in [0.05, 0.1) is 24.4 Å². The molecule has 3 rings (SSSR count). The first-order chi connectivity index (χ1) is 14.5. The molecule has 8 heteroatoms. The molecule has 158 valence electrons. The van der Waals surface area contributed by atoms with Crippen molar-refractivity contribution in [1.29, 1.82) is 0 Å². The Morgan fingerprint density at radius 3 is 2.37 bits per heavy atom. The van der Waals surface area contributed by atoms with Gasteiger partial charge in [0.15, 0.2) is 0 Å². The van der Waals surface area contributed by atoms with Crippen LogP contribution in [0, 0.1) is 6.92 Å². The van der Waals surface area contributed by atoms with Gasteiger partial charge in [-0.15, -0.1) is 0 Å². The van der Waals surface area contributed by atoms with E-state index in [0.717, 1.165) is 18.8 Å². The number of nitrogens with zero attached hydrogens (tertiary/aromatic N) is 3. The number of rotatable bonds is 6. The lowest BCUT2D eigenvalue weighted by Gasteiger charge is -2.36. The second kappa shape index (κ2) is 9.87. The van der Waals surface area contributed by atoms with Gasteiger partial charge in [0, 0.05) is 31.9 Å². The molecule has 2 heterocycles. The zero-order valence-electron chi connectivity index (χ0n) is 17.3. The summed E-state index contributed by atoms with van der Waals surface area (Å²) in [7, 11) is 0. The van der Waals surface area contributed by atoms with E-state index in [0.29, 0.717) is 24.3 Å². The minimum absolute atomic E-state index is 0.0927. The lowest BCUT2D eigenvalue weighted by atomic mass is 10.2. The van der Waals surface area contributed by atoms with Crippen LogP contribution in [0.1, 0.15) is 33.5 Å². The molecule has 0 bridgehead atoms. The quantitative estimate of drug-likeness (QED) is 0.728. The van der Waals surface area contributed by atoms with Crippen LogP contribution in [-0.2, 0) is 9.53 Å². The molecule has 1 saturated heterocycles. The number of nitrogens with one attached hydrogen (secondary N) is 1. The van der Waals surface area contributed by atoms with Crippen LogP contribution >= 0.6 is 0 Å². The molecule has 30 heavy (non-hydrogen) atoms. The van der Waals surface area contributed by atoms with E-state index in [2.05, 4.69) is 27.3 Å². The number of para-hydroxylation sites is 1. The number of amides is 2. The van der Waals surface area contributed by atoms with Crippen molar-refractivity contribution < 1.29 is 19.1 Å². The molecule has 1 aliphatic heterocycles. The summed E-state index contributed by atoms with van der Waals surface area (Å²) >= 11 is 0. The van der Waals surface area contributed by atoms with Crippen molar-refractivity contribution >= 4 is 23.5 Å². The lowest BCUT2D eigenvalue weighted by Crippen LogP contribution is -2.51. The number of piperazine rings is 1. The molecule has 0 unspecified atom stereocenters. The van der Waals surface area contributed by atoms with E-state index in [1.807, 2.05) is 18.2 Å². The Hall–Kier alpha value is -3.42. The van der Waals surface area contributed by atoms with Crippen LogP contribution in [0.15, 0.2) is 42.5 Å². The van der Waals surface area contributed by atoms with E-state index in [9.17, 15) is 14.4 Å². The number of benzene rings is 1. The minimum atomic E-state index is -0.473. The number of aryl methyl sites for hydroxylation is 1. The maximum Gasteiger partial charge on any atom is 0.339 e. The van der Waals surface area contributed by atoms with Gasteiger partial charge in [-0.25, -0.2) is 9.78 Å². The van der Waals surface area contributed by atoms with E-state index in [-0.39, 0.29) is 24.8 Å². The first-order valence-electron chi connectivity index (χ1n) is 10.0. The van der Waals surface area contributed by atoms with Gasteiger partial charge < -0.3 is 19.9 Å². The fourth-order valence-corrected chi connectivity index (χ4v) is 3.32. The average molecular weight is 410 g/mol. The van der Waals surface area contributed by atoms with Gasteiger partial charge in [0.25, 0.3) is 5.91 Å². The molecule has 0 aliphatic carbocycles. The Morgan fingerprint density at radius 2 is 1.73 bits per heavy atom. The smallest absolute Gasteiger partial charge is 0.339 e. The molecule has 1 aliphatic rings. The van der Waals surface area contributed by atoms with Crippen molar-refractivity contribution in [3.05, 3.63) is 59.4 Å². The Bertz CT molecular complexity index is 909. The number of carbonyl (C=O) groups is 3. The van der Waals surface area contributed by atoms with E-state index in [1.54, 1.807) is 18.7 Å². The first kappa shape index (κ1) is 21.3. The fraction of sp³-hybridized carbons (Fsp3) is 0.364. The summed E-state index contributed by atoms with van der Waals surface area (Å²) in [5.41, 5.74) is 2.03. The van der Waals surface area contributed by atoms with Crippen molar-refractivity contribution in [1.82, 2.24) is 15.2 Å². The highest BCUT2D eigenvalue weighted by atomic mass is 16.5. The molecule has 0 atom stereocenters. The highest BCUT2D eigenvalue weighted by Crippen LogP contribution is 2.15. The lowest BCUT2D eigenvalue weighted by molar-refractivity contribution is -0.130. The summed E-state index contributed by atoms with van der Waals surface area (Å²) in [6.07, 6.45) is 0. The normalized spacial score (nSPS) is 13.7. The maximum atomic E-state index is 12.5. The monoisotopic (exact) mass is 410 g/mol. The minimum Gasteiger partial charge on any atom is -0.462 e. The average Bonchev–Trinajstić information content (AvgIpc) is 2.78. The molecular weight excluding hydrogens is 384 g/mol. The summed E-state index contributed by atoms with van der Waals surface area (Å²) in [6.45, 7) is 6.25. The van der Waals surface area contributed by atoms with E-state index in [4.69, 9.17) is 4.74 Å². The van der Waals surface area contributed by atoms with Crippen molar-refractivity contribution in [3.63, 3.8) is 0 Å². The maximum absolute atomic E-state index is 12.5. The molecule has 8 nitrogen and oxygen atoms in total. The number of ether oxygens (including phenoxy) is 1. The predicted molar refractivity (Wildman–Crippen MR) is 112 cm³/mol. The summed E-state index contributed by atoms with van der Waals surface area (Å²) in [4.78, 5) is 44.8. The molecule has 0 saturated carbocycles. The Morgan fingerprint density at radius 1 is 1.03 bits per heavy atom. The Labute approximate surface area is 175 Å². The van der Waals surface area contributed by atoms with Crippen LogP contribution in [0.5, 0.6) is 0 Å². The fourth-order valence-electron chi connectivity index (χ4n) is 3.32. The van der Waals surface area contributed by atoms with Crippen molar-refractivity contribution in [2.45, 2.75) is 13.8 Å². The predicted octanol–water partition coefficient (Wildman–Crippen LogP) is 1.65. The number of pyridine rings is 1. The summed E-state index contributed by atoms with van der Waals surface area (Å²) in [6, 6.07) is 13.1. The van der Waals surface area contributed by atoms with Gasteiger partial charge in [-0.3, -0.25) is 9.59 Å². The third-order valence-electron chi connectivity index (χ3n) is 4.97. The molecule has 1 N–H and O–H groups in total. The Balaban J connectivity index is 1.49. The molecule has 0 spiro atoms. The molecular formula is C22H26N4O4. The standard InChI is InChI=1S/C22H26N4O4/c1-3-30-22(29)18-9-10-19(24-16(18)2)21(28)23-15-20(27)26-13-11-25(12-14-26)17-7-5-4-6-8-17/h4-10H,3,11-15H2,1-2H3,(H,23,28). The van der Waals surface area contributed by atoms with Gasteiger partial charge in [-0.05, 0) is 38.1 Å². The van der Waals surface area contributed by atoms with Gasteiger partial charge in [-0.1, -0.05) is 18.2 Å². The third kappa shape index (κ3) is 5.14. The third-order valence-corrected chi connectivity index (χ3v) is 4.97. The SMILES string of the molecule is CCOC(=O)c1ccc(C(=O)NCC(=O)N2CCN(c3ccccc3)CC2)nc1C. The summed E-state index contributed by atoms with van der Waals surface area (Å²) in [5.74, 6) is -1.06. The second-order valence-corrected chi connectivity index (χ2v) is 6.94. The van der Waals surface area contributed by atoms with Crippen LogP contribution in [0.2, 0.25) is 0 Å². The second-order valence-electron chi connectivity index (χ2n) is 6.94. The van der Waals surface area contributed by atoms with Crippen LogP contribution in [0.4, 0.5) is 5.69 Å². The number of esters is 1. The molecule has 0 radical (unpaired) electrons. The molecule has 1 fully saturated rings. The number of hydrogen-bond acceptors (Lipinski definition) is 6. The van der Waals surface area contributed by atoms with Crippen LogP contribution in [0.25, 0.3) is 0 Å². The van der Waals surface area contributed by atoms with Gasteiger partial charge in [-0.2, -0.15) is 0 Å². The van der Waals surface area contributed by atoms with Crippen LogP contribution in [-0.4, -0.2) is 67.0 Å². The molecule has 2 aromatic rings. The zero-order chi connectivity index (χ0) is 21.5. The van der Waals surface area contributed by atoms with Gasteiger partial charge >= 0.3 is 5.97 Å². The highest BCUT2D eigenvalue weighted by molar-refractivity contribution is 5.96. The topological polar surface area (TPSA) is 91.8 Å². The number of anilines is 1. The Kier molecular flexibility index (Phi) is 7.00. The highest BCUT2D eigenvalue weighted by Gasteiger charge is 2.22. The zero-order valence-corrected chi connectivity index (χ0v) is 17.3. The van der Waals surface area contributed by atoms with E-state index >= 15 is 0 Å². The molecule has 1 aromatic carbocycles. The van der Waals surface area contributed by atoms with Crippen molar-refractivity contribution in [2.75, 3.05) is 44.2 Å². The van der Waals surface area contributed by atoms with Crippen molar-refractivity contribution in [3.8, 4) is 0 Å². The van der Waals surface area contributed by atoms with E-state index < -0.39 is 11.9 Å². The van der Waals surface area contributed by atoms with Gasteiger partial charge in [0.2, 0.25) is 5.91 Å².